The number of aromatic hydroxyl groups is 1. The monoisotopic (exact) mass is 571 g/mol. The molecule has 0 saturated heterocycles. The molecule has 218 valence electrons. The average molecular weight is 572 g/mol. The number of rotatable bonds is 13. The molecule has 8 N–H and O–H groups in total. The van der Waals surface area contributed by atoms with Crippen LogP contribution in [0.25, 0.3) is 10.9 Å². The summed E-state index contributed by atoms with van der Waals surface area (Å²) in [5, 5.41) is 28.2. The molecule has 4 rings (SSSR count). The lowest BCUT2D eigenvalue weighted by atomic mass is 10.0. The molecular weight excluding hydrogens is 538 g/mol. The van der Waals surface area contributed by atoms with E-state index in [1.165, 1.54) is 12.1 Å². The van der Waals surface area contributed by atoms with Crippen LogP contribution in [0.5, 0.6) is 5.75 Å². The fourth-order valence-corrected chi connectivity index (χ4v) is 4.65. The number of carbonyl (C=O) groups excluding carboxylic acids is 3. The van der Waals surface area contributed by atoms with E-state index in [4.69, 9.17) is 5.73 Å². The molecule has 0 spiro atoms. The maximum atomic E-state index is 13.6. The smallest absolute Gasteiger partial charge is 0.326 e. The van der Waals surface area contributed by atoms with Crippen LogP contribution < -0.4 is 21.7 Å². The summed E-state index contributed by atoms with van der Waals surface area (Å²) in [7, 11) is 0. The van der Waals surface area contributed by atoms with Crippen molar-refractivity contribution in [3.8, 4) is 5.75 Å². The highest BCUT2D eigenvalue weighted by atomic mass is 16.4. The number of H-pyrrole nitrogens is 1. The van der Waals surface area contributed by atoms with Crippen molar-refractivity contribution in [3.05, 3.63) is 102 Å². The Balaban J connectivity index is 1.59. The Morgan fingerprint density at radius 3 is 1.95 bits per heavy atom. The van der Waals surface area contributed by atoms with E-state index in [1.807, 2.05) is 54.6 Å². The highest BCUT2D eigenvalue weighted by molar-refractivity contribution is 5.94. The van der Waals surface area contributed by atoms with Gasteiger partial charge in [0.25, 0.3) is 0 Å². The van der Waals surface area contributed by atoms with Crippen LogP contribution in [0.15, 0.2) is 85.1 Å². The van der Waals surface area contributed by atoms with Gasteiger partial charge in [-0.2, -0.15) is 0 Å². The van der Waals surface area contributed by atoms with E-state index in [1.54, 1.807) is 18.3 Å². The summed E-state index contributed by atoms with van der Waals surface area (Å²) in [5.41, 5.74) is 8.43. The van der Waals surface area contributed by atoms with Gasteiger partial charge in [-0.1, -0.05) is 60.7 Å². The predicted octanol–water partition coefficient (Wildman–Crippen LogP) is 1.40. The molecule has 3 unspecified atom stereocenters. The molecule has 3 amide bonds. The second kappa shape index (κ2) is 14.0. The molecule has 3 aromatic carbocycles. The predicted molar refractivity (Wildman–Crippen MR) is 156 cm³/mol. The van der Waals surface area contributed by atoms with E-state index in [9.17, 15) is 29.4 Å². The van der Waals surface area contributed by atoms with Crippen molar-refractivity contribution in [1.29, 1.82) is 0 Å². The third-order valence-corrected chi connectivity index (χ3v) is 6.84. The quantitative estimate of drug-likeness (QED) is 0.126. The number of phenolic OH excluding ortho intramolecular Hbond substituents is 1. The lowest BCUT2D eigenvalue weighted by molar-refractivity contribution is -0.142. The number of para-hydroxylation sites is 1. The van der Waals surface area contributed by atoms with Crippen LogP contribution in [0.3, 0.4) is 0 Å². The summed E-state index contributed by atoms with van der Waals surface area (Å²) in [6.45, 7) is -0.324. The molecular formula is C31H33N5O6. The summed E-state index contributed by atoms with van der Waals surface area (Å²) >= 11 is 0. The SMILES string of the molecule is NCC(=O)NC(Cc1ccccc1)C(=O)NC(Cc1c[nH]c2ccccc12)C(=O)NC(Cc1ccc(O)cc1)C(=O)O. The van der Waals surface area contributed by atoms with E-state index in [0.717, 1.165) is 22.0 Å². The first-order valence-corrected chi connectivity index (χ1v) is 13.4. The van der Waals surface area contributed by atoms with E-state index in [2.05, 4.69) is 20.9 Å². The van der Waals surface area contributed by atoms with E-state index in [-0.39, 0.29) is 31.6 Å². The Hall–Kier alpha value is -5.16. The van der Waals surface area contributed by atoms with E-state index >= 15 is 0 Å². The summed E-state index contributed by atoms with van der Waals surface area (Å²) < 4.78 is 0. The zero-order valence-electron chi connectivity index (χ0n) is 22.7. The number of aliphatic carboxylic acids is 1. The zero-order chi connectivity index (χ0) is 30.1. The Bertz CT molecular complexity index is 1540. The molecule has 0 aliphatic carbocycles. The zero-order valence-corrected chi connectivity index (χ0v) is 22.7. The van der Waals surface area contributed by atoms with Crippen molar-refractivity contribution in [1.82, 2.24) is 20.9 Å². The van der Waals surface area contributed by atoms with Crippen molar-refractivity contribution < 1.29 is 29.4 Å². The summed E-state index contributed by atoms with van der Waals surface area (Å²) in [4.78, 5) is 54.6. The normalized spacial score (nSPS) is 13.1. The molecule has 1 aromatic heterocycles. The molecule has 0 aliphatic rings. The number of aromatic amines is 1. The number of benzene rings is 3. The number of hydrogen-bond donors (Lipinski definition) is 7. The molecule has 1 heterocycles. The van der Waals surface area contributed by atoms with Crippen molar-refractivity contribution >= 4 is 34.6 Å². The molecule has 0 fully saturated rings. The van der Waals surface area contributed by atoms with Crippen molar-refractivity contribution in [3.63, 3.8) is 0 Å². The molecule has 0 radical (unpaired) electrons. The number of carbonyl (C=O) groups is 4. The molecule has 3 atom stereocenters. The van der Waals surface area contributed by atoms with E-state index in [0.29, 0.717) is 5.56 Å². The third kappa shape index (κ3) is 7.95. The Morgan fingerprint density at radius 1 is 0.714 bits per heavy atom. The Labute approximate surface area is 242 Å². The molecule has 11 heteroatoms. The number of hydrogen-bond acceptors (Lipinski definition) is 6. The Morgan fingerprint density at radius 2 is 1.29 bits per heavy atom. The highest BCUT2D eigenvalue weighted by Gasteiger charge is 2.30. The van der Waals surface area contributed by atoms with Gasteiger partial charge in [-0.05, 0) is 34.9 Å². The fourth-order valence-electron chi connectivity index (χ4n) is 4.65. The Kier molecular flexibility index (Phi) is 9.90. The van der Waals surface area contributed by atoms with Crippen LogP contribution in [-0.4, -0.2) is 63.6 Å². The molecule has 11 nitrogen and oxygen atoms in total. The molecule has 0 aliphatic heterocycles. The number of amides is 3. The molecule has 4 aromatic rings. The lowest BCUT2D eigenvalue weighted by Gasteiger charge is -2.25. The molecule has 0 saturated carbocycles. The average Bonchev–Trinajstić information content (AvgIpc) is 3.40. The van der Waals surface area contributed by atoms with Crippen molar-refractivity contribution in [2.45, 2.75) is 37.4 Å². The maximum absolute atomic E-state index is 13.6. The van der Waals surface area contributed by atoms with Gasteiger partial charge in [-0.3, -0.25) is 14.4 Å². The molecule has 42 heavy (non-hydrogen) atoms. The third-order valence-electron chi connectivity index (χ3n) is 6.84. The second-order valence-electron chi connectivity index (χ2n) is 9.91. The number of fused-ring (bicyclic) bond motifs is 1. The lowest BCUT2D eigenvalue weighted by Crippen LogP contribution is -2.57. The number of carboxylic acid groups (broad SMARTS) is 1. The number of nitrogens with two attached hydrogens (primary N) is 1. The van der Waals surface area contributed by atoms with Crippen LogP contribution >= 0.6 is 0 Å². The van der Waals surface area contributed by atoms with Gasteiger partial charge >= 0.3 is 5.97 Å². The van der Waals surface area contributed by atoms with Crippen LogP contribution in [0, 0.1) is 0 Å². The summed E-state index contributed by atoms with van der Waals surface area (Å²) in [5.74, 6) is -3.09. The number of phenols is 1. The minimum Gasteiger partial charge on any atom is -0.508 e. The van der Waals surface area contributed by atoms with Crippen LogP contribution in [0.4, 0.5) is 0 Å². The van der Waals surface area contributed by atoms with Crippen LogP contribution in [0.2, 0.25) is 0 Å². The maximum Gasteiger partial charge on any atom is 0.326 e. The van der Waals surface area contributed by atoms with Gasteiger partial charge in [0.15, 0.2) is 0 Å². The molecule has 0 bridgehead atoms. The van der Waals surface area contributed by atoms with Gasteiger partial charge in [0, 0.05) is 36.4 Å². The van der Waals surface area contributed by atoms with Gasteiger partial charge < -0.3 is 36.9 Å². The first-order chi connectivity index (χ1) is 20.2. The van der Waals surface area contributed by atoms with Crippen LogP contribution in [-0.2, 0) is 38.4 Å². The first-order valence-electron chi connectivity index (χ1n) is 13.4. The number of carboxylic acids is 1. The van der Waals surface area contributed by atoms with Gasteiger partial charge in [0.1, 0.15) is 23.9 Å². The van der Waals surface area contributed by atoms with Gasteiger partial charge in [0.05, 0.1) is 6.54 Å². The van der Waals surface area contributed by atoms with Gasteiger partial charge in [-0.15, -0.1) is 0 Å². The standard InChI is InChI=1S/C31H33N5O6/c32-17-28(38)34-25(14-19-6-2-1-3-7-19)29(39)35-26(16-21-18-33-24-9-5-4-8-23(21)24)30(40)36-27(31(41)42)15-20-10-12-22(37)13-11-20/h1-13,18,25-27,33,37H,14-17,32H2,(H,34,38)(H,35,39)(H,36,40)(H,41,42). The van der Waals surface area contributed by atoms with Crippen molar-refractivity contribution in [2.24, 2.45) is 5.73 Å². The van der Waals surface area contributed by atoms with Crippen molar-refractivity contribution in [2.75, 3.05) is 6.54 Å². The minimum absolute atomic E-state index is 0.0305. The fraction of sp³-hybridized carbons (Fsp3) is 0.226. The topological polar surface area (TPSA) is 187 Å². The number of nitrogens with one attached hydrogen (secondary N) is 4. The number of aromatic nitrogens is 1. The van der Waals surface area contributed by atoms with E-state index < -0.39 is 41.8 Å². The second-order valence-corrected chi connectivity index (χ2v) is 9.91. The van der Waals surface area contributed by atoms with Gasteiger partial charge in [-0.25, -0.2) is 4.79 Å². The highest BCUT2D eigenvalue weighted by Crippen LogP contribution is 2.20. The minimum atomic E-state index is -1.30. The summed E-state index contributed by atoms with van der Waals surface area (Å²) in [6, 6.07) is 19.0. The summed E-state index contributed by atoms with van der Waals surface area (Å²) in [6.07, 6.45) is 1.90. The first kappa shape index (κ1) is 29.8. The van der Waals surface area contributed by atoms with Crippen LogP contribution in [0.1, 0.15) is 16.7 Å². The largest absolute Gasteiger partial charge is 0.508 e. The van der Waals surface area contributed by atoms with Gasteiger partial charge in [0.2, 0.25) is 17.7 Å².